The van der Waals surface area contributed by atoms with Crippen molar-refractivity contribution in [2.75, 3.05) is 0 Å². The van der Waals surface area contributed by atoms with E-state index in [0.717, 1.165) is 5.69 Å². The minimum absolute atomic E-state index is 0.0511. The van der Waals surface area contributed by atoms with Crippen molar-refractivity contribution in [1.29, 1.82) is 0 Å². The molecule has 0 saturated heterocycles. The van der Waals surface area contributed by atoms with Crippen LogP contribution in [0.1, 0.15) is 11.7 Å². The number of thiocarbonyl (C=S) groups is 1. The summed E-state index contributed by atoms with van der Waals surface area (Å²) in [6.07, 6.45) is 2.14. The average Bonchev–Trinajstić information content (AvgIpc) is 2.67. The van der Waals surface area contributed by atoms with Crippen LogP contribution in [0.15, 0.2) is 36.5 Å². The molecule has 0 bridgehead atoms. The van der Waals surface area contributed by atoms with Crippen molar-refractivity contribution in [1.82, 2.24) is 9.55 Å². The lowest BCUT2D eigenvalue weighted by molar-refractivity contribution is 0.360. The van der Waals surface area contributed by atoms with Gasteiger partial charge in [0.2, 0.25) is 0 Å². The molecule has 2 heterocycles. The standard InChI is InChI=1S/C12H12N2O2S2/c15-10-4-5-11(16)14(10)9(12(17)18)7-8-3-1-2-6-13-8/h1-6,9,15-16H,7H2,(H,17,18). The number of aromatic nitrogens is 2. The van der Waals surface area contributed by atoms with Crippen LogP contribution >= 0.6 is 24.8 Å². The van der Waals surface area contributed by atoms with Gasteiger partial charge in [0.15, 0.2) is 11.8 Å². The smallest absolute Gasteiger partial charge is 0.194 e. The van der Waals surface area contributed by atoms with Gasteiger partial charge in [-0.3, -0.25) is 9.55 Å². The van der Waals surface area contributed by atoms with Crippen LogP contribution in [-0.2, 0) is 6.42 Å². The molecule has 6 heteroatoms. The Kier molecular flexibility index (Phi) is 3.88. The molecule has 2 N–H and O–H groups in total. The largest absolute Gasteiger partial charge is 0.494 e. The van der Waals surface area contributed by atoms with Crippen molar-refractivity contribution in [3.8, 4) is 11.8 Å². The molecule has 0 aromatic carbocycles. The monoisotopic (exact) mass is 280 g/mol. The maximum atomic E-state index is 9.72. The van der Waals surface area contributed by atoms with Crippen LogP contribution in [0.25, 0.3) is 0 Å². The Labute approximate surface area is 115 Å². The van der Waals surface area contributed by atoms with Crippen LogP contribution < -0.4 is 0 Å². The third kappa shape index (κ3) is 2.65. The van der Waals surface area contributed by atoms with Crippen LogP contribution in [-0.4, -0.2) is 24.0 Å². The minimum Gasteiger partial charge on any atom is -0.494 e. The third-order valence-electron chi connectivity index (χ3n) is 2.60. The highest BCUT2D eigenvalue weighted by Crippen LogP contribution is 2.30. The zero-order chi connectivity index (χ0) is 13.1. The van der Waals surface area contributed by atoms with Gasteiger partial charge in [0.05, 0.1) is 10.2 Å². The van der Waals surface area contributed by atoms with Gasteiger partial charge in [0.25, 0.3) is 0 Å². The third-order valence-corrected chi connectivity index (χ3v) is 3.17. The van der Waals surface area contributed by atoms with Gasteiger partial charge in [-0.1, -0.05) is 18.3 Å². The molecular weight excluding hydrogens is 268 g/mol. The lowest BCUT2D eigenvalue weighted by Gasteiger charge is -2.18. The van der Waals surface area contributed by atoms with Gasteiger partial charge < -0.3 is 10.2 Å². The highest BCUT2D eigenvalue weighted by Gasteiger charge is 2.21. The molecule has 4 nitrogen and oxygen atoms in total. The molecule has 0 aliphatic carbocycles. The van der Waals surface area contributed by atoms with E-state index in [1.54, 1.807) is 6.20 Å². The molecule has 94 valence electrons. The van der Waals surface area contributed by atoms with E-state index in [-0.39, 0.29) is 11.8 Å². The summed E-state index contributed by atoms with van der Waals surface area (Å²) in [4.78, 5) is 4.20. The molecule has 0 saturated carbocycles. The SMILES string of the molecule is Oc1ccc(O)n1C(Cc1ccccn1)C(=S)S. The van der Waals surface area contributed by atoms with E-state index in [0.29, 0.717) is 10.6 Å². The molecule has 0 aliphatic heterocycles. The quantitative estimate of drug-likeness (QED) is 0.594. The minimum atomic E-state index is -0.423. The van der Waals surface area contributed by atoms with Gasteiger partial charge in [-0.25, -0.2) is 0 Å². The predicted molar refractivity (Wildman–Crippen MR) is 76.3 cm³/mol. The van der Waals surface area contributed by atoms with Crippen LogP contribution in [0.4, 0.5) is 0 Å². The second-order valence-electron chi connectivity index (χ2n) is 3.80. The topological polar surface area (TPSA) is 58.3 Å². The Balaban J connectivity index is 2.33. The summed E-state index contributed by atoms with van der Waals surface area (Å²) < 4.78 is 1.71. The zero-order valence-electron chi connectivity index (χ0n) is 9.39. The summed E-state index contributed by atoms with van der Waals surface area (Å²) in [6.45, 7) is 0. The molecule has 2 aromatic heterocycles. The fourth-order valence-electron chi connectivity index (χ4n) is 1.75. The molecule has 0 amide bonds. The Morgan fingerprint density at radius 3 is 2.44 bits per heavy atom. The zero-order valence-corrected chi connectivity index (χ0v) is 11.1. The van der Waals surface area contributed by atoms with Crippen LogP contribution in [0.5, 0.6) is 11.8 Å². The average molecular weight is 280 g/mol. The first-order valence-electron chi connectivity index (χ1n) is 5.31. The van der Waals surface area contributed by atoms with Gasteiger partial charge in [0.1, 0.15) is 0 Å². The fraction of sp³-hybridized carbons (Fsp3) is 0.167. The molecule has 0 radical (unpaired) electrons. The lowest BCUT2D eigenvalue weighted by atomic mass is 10.1. The summed E-state index contributed by atoms with van der Waals surface area (Å²) in [6, 6.07) is 7.95. The van der Waals surface area contributed by atoms with Crippen molar-refractivity contribution < 1.29 is 10.2 Å². The van der Waals surface area contributed by atoms with Crippen LogP contribution in [0.2, 0.25) is 0 Å². The Morgan fingerprint density at radius 2 is 1.94 bits per heavy atom. The predicted octanol–water partition coefficient (Wildman–Crippen LogP) is 2.34. The Morgan fingerprint density at radius 1 is 1.28 bits per heavy atom. The summed E-state index contributed by atoms with van der Waals surface area (Å²) in [5.74, 6) is -0.102. The Hall–Kier alpha value is -1.53. The maximum Gasteiger partial charge on any atom is 0.194 e. The first-order chi connectivity index (χ1) is 8.59. The second kappa shape index (κ2) is 5.41. The number of thiol groups is 1. The van der Waals surface area contributed by atoms with Gasteiger partial charge in [-0.2, -0.15) is 0 Å². The van der Waals surface area contributed by atoms with E-state index in [2.05, 4.69) is 17.6 Å². The highest BCUT2D eigenvalue weighted by atomic mass is 32.1. The van der Waals surface area contributed by atoms with E-state index in [4.69, 9.17) is 12.2 Å². The molecule has 1 unspecified atom stereocenters. The summed E-state index contributed by atoms with van der Waals surface area (Å²) in [7, 11) is 0. The summed E-state index contributed by atoms with van der Waals surface area (Å²) in [5, 5.41) is 19.4. The number of hydrogen-bond donors (Lipinski definition) is 3. The van der Waals surface area contributed by atoms with Crippen molar-refractivity contribution in [3.05, 3.63) is 42.2 Å². The molecular formula is C12H12N2O2S2. The van der Waals surface area contributed by atoms with Crippen LogP contribution in [0.3, 0.4) is 0 Å². The van der Waals surface area contributed by atoms with E-state index < -0.39 is 6.04 Å². The highest BCUT2D eigenvalue weighted by molar-refractivity contribution is 8.11. The van der Waals surface area contributed by atoms with Crippen molar-refractivity contribution in [3.63, 3.8) is 0 Å². The molecule has 18 heavy (non-hydrogen) atoms. The van der Waals surface area contributed by atoms with E-state index in [1.807, 2.05) is 18.2 Å². The van der Waals surface area contributed by atoms with Crippen molar-refractivity contribution >= 4 is 29.0 Å². The number of hydrogen-bond acceptors (Lipinski definition) is 4. The number of pyridine rings is 1. The summed E-state index contributed by atoms with van der Waals surface area (Å²) >= 11 is 9.24. The molecule has 0 aliphatic rings. The molecule has 0 spiro atoms. The first kappa shape index (κ1) is 12.9. The van der Waals surface area contributed by atoms with Gasteiger partial charge in [-0.05, 0) is 12.1 Å². The van der Waals surface area contributed by atoms with Crippen LogP contribution in [0, 0.1) is 0 Å². The normalized spacial score (nSPS) is 12.3. The molecule has 0 fully saturated rings. The van der Waals surface area contributed by atoms with Gasteiger partial charge in [0, 0.05) is 30.4 Å². The number of nitrogens with zero attached hydrogens (tertiary/aromatic N) is 2. The maximum absolute atomic E-state index is 9.72. The van der Waals surface area contributed by atoms with E-state index in [1.165, 1.54) is 16.7 Å². The van der Waals surface area contributed by atoms with Gasteiger partial charge >= 0.3 is 0 Å². The van der Waals surface area contributed by atoms with E-state index >= 15 is 0 Å². The Bertz CT molecular complexity index is 535. The van der Waals surface area contributed by atoms with Crippen molar-refractivity contribution in [2.24, 2.45) is 0 Å². The number of rotatable bonds is 4. The fourth-order valence-corrected chi connectivity index (χ4v) is 2.15. The lowest BCUT2D eigenvalue weighted by Crippen LogP contribution is -2.17. The second-order valence-corrected chi connectivity index (χ2v) is 5.02. The molecule has 2 aromatic rings. The first-order valence-corrected chi connectivity index (χ1v) is 6.17. The molecule has 1 atom stereocenters. The van der Waals surface area contributed by atoms with E-state index in [9.17, 15) is 10.2 Å². The summed E-state index contributed by atoms with van der Waals surface area (Å²) in [5.41, 5.74) is 0.811. The number of aromatic hydroxyl groups is 2. The molecule has 2 rings (SSSR count). The van der Waals surface area contributed by atoms with Crippen molar-refractivity contribution in [2.45, 2.75) is 12.5 Å². The van der Waals surface area contributed by atoms with Gasteiger partial charge in [-0.15, -0.1) is 12.6 Å².